The Bertz CT molecular complexity index is 3050. The molecule has 1 N–H and O–H groups in total. The van der Waals surface area contributed by atoms with E-state index in [1.165, 1.54) is 4.90 Å². The summed E-state index contributed by atoms with van der Waals surface area (Å²) in [7, 11) is 0. The molecule has 93 heavy (non-hydrogen) atoms. The smallest absolute Gasteiger partial charge is 0.336 e. The number of carboxylic acid groups (broad SMARTS) is 1. The molecule has 0 spiro atoms. The summed E-state index contributed by atoms with van der Waals surface area (Å²) in [6.45, 7) is 30.1. The van der Waals surface area contributed by atoms with Gasteiger partial charge in [0.2, 0.25) is 0 Å². The fraction of sp³-hybridized carbons (Fsp3) is 0.417. The van der Waals surface area contributed by atoms with Crippen molar-refractivity contribution in [2.45, 2.75) is 142 Å². The van der Waals surface area contributed by atoms with Gasteiger partial charge < -0.3 is 29.6 Å². The summed E-state index contributed by atoms with van der Waals surface area (Å²) in [6.07, 6.45) is 0. The summed E-state index contributed by atoms with van der Waals surface area (Å²) in [5, 5.41) is 9.02. The van der Waals surface area contributed by atoms with Gasteiger partial charge in [-0.05, 0) is 217 Å². The van der Waals surface area contributed by atoms with Crippen molar-refractivity contribution >= 4 is 143 Å². The number of carbonyl (C=O) groups excluding carboxylic acids is 5. The lowest BCUT2D eigenvalue weighted by atomic mass is 10.1. The van der Waals surface area contributed by atoms with E-state index in [0.29, 0.717) is 46.8 Å². The van der Waals surface area contributed by atoms with Crippen LogP contribution >= 0.6 is 107 Å². The second-order valence-electron chi connectivity index (χ2n) is 17.9. The molecule has 6 aromatic carbocycles. The first kappa shape index (κ1) is 104. The van der Waals surface area contributed by atoms with Crippen LogP contribution in [0.25, 0.3) is 0 Å². The standard InChI is InChI=1S/2C12H16BrNO.C11H13BrClNO.C11H12BrF2NO.C11H14BrNO.C7H5BrO2.8CH4/c1-4-14(5-2)12(15)11-7-6-10(13)8-9(11)3;1-4-14(5-2)12(15)10-6-7-11(13)9(3)8-10;1-3-14(4-2)11(15)9-6-5-8(12)7-10(9)13;1-3-15(4-2)11(16)10-8(13)5-7(12)6-9(10)14;1-3-13(4-2)11(14)9-7-5-6-8-10(9)12;8-6-4-2-1-3-5(6)7(9)10;;;;;;;;/h2*6-8H,4-5H2,1-3H3;5-7H,3-4H2,1-2H3;5-6H,3-4H2,1-2H3;5-8H,3-4H2,1-2H3;1-4H,(H,9,10);8*1H4. The number of carbonyl (C=O) groups is 6. The summed E-state index contributed by atoms with van der Waals surface area (Å²) in [5.41, 5.74) is 4.75. The topological polar surface area (TPSA) is 139 Å². The summed E-state index contributed by atoms with van der Waals surface area (Å²) in [5.74, 6) is -2.92. The van der Waals surface area contributed by atoms with Gasteiger partial charge in [-0.25, -0.2) is 13.6 Å². The third-order valence-corrected chi connectivity index (χ3v) is 16.7. The SMILES string of the molecule is C.C.C.C.C.C.C.C.CCN(CC)C(=O)c1c(F)cc(Br)cc1F.CCN(CC)C(=O)c1ccc(Br)c(C)c1.CCN(CC)C(=O)c1ccc(Br)cc1C.CCN(CC)C(=O)c1ccc(Br)cc1Cl.CCN(CC)C(=O)c1ccccc1Br.O=C(O)c1ccccc1Br. The second kappa shape index (κ2) is 55.3. The molecule has 0 aliphatic carbocycles. The van der Waals surface area contributed by atoms with E-state index in [4.69, 9.17) is 16.7 Å². The molecule has 12 nitrogen and oxygen atoms in total. The Morgan fingerprint density at radius 3 is 1.04 bits per heavy atom. The van der Waals surface area contributed by atoms with Gasteiger partial charge in [0.1, 0.15) is 17.2 Å². The van der Waals surface area contributed by atoms with E-state index in [1.807, 2.05) is 146 Å². The number of benzene rings is 6. The largest absolute Gasteiger partial charge is 0.478 e. The minimum atomic E-state index is -0.910. The lowest BCUT2D eigenvalue weighted by Gasteiger charge is -2.19. The minimum Gasteiger partial charge on any atom is -0.478 e. The molecule has 0 fully saturated rings. The number of hydrogen-bond donors (Lipinski definition) is 1. The Morgan fingerprint density at radius 1 is 0.366 bits per heavy atom. The molecule has 0 aliphatic heterocycles. The summed E-state index contributed by atoms with van der Waals surface area (Å²) in [6, 6.07) is 33.1. The van der Waals surface area contributed by atoms with Crippen LogP contribution in [0.15, 0.2) is 142 Å². The van der Waals surface area contributed by atoms with Crippen LogP contribution in [-0.4, -0.2) is 131 Å². The number of halogens is 9. The lowest BCUT2D eigenvalue weighted by Crippen LogP contribution is -2.31. The van der Waals surface area contributed by atoms with Crippen molar-refractivity contribution in [1.29, 1.82) is 0 Å². The molecule has 0 radical (unpaired) electrons. The number of aromatic carboxylic acids is 1. The fourth-order valence-electron chi connectivity index (χ4n) is 7.73. The molecule has 0 saturated heterocycles. The number of nitrogens with zero attached hydrogens (tertiary/aromatic N) is 5. The molecule has 0 heterocycles. The number of amides is 5. The van der Waals surface area contributed by atoms with E-state index in [2.05, 4.69) is 95.6 Å². The molecule has 0 aliphatic rings. The molecule has 6 aromatic rings. The third kappa shape index (κ3) is 34.1. The zero-order valence-electron chi connectivity index (χ0n) is 50.1. The Balaban J connectivity index is -0.000000153. The molecule has 0 bridgehead atoms. The Labute approximate surface area is 615 Å². The van der Waals surface area contributed by atoms with Gasteiger partial charge in [0.25, 0.3) is 29.5 Å². The van der Waals surface area contributed by atoms with Crippen molar-refractivity contribution in [2.75, 3.05) is 65.4 Å². The van der Waals surface area contributed by atoms with Gasteiger partial charge in [-0.3, -0.25) is 24.0 Å². The molecule has 0 atom stereocenters. The quantitative estimate of drug-likeness (QED) is 0.102. The zero-order chi connectivity index (χ0) is 64.7. The van der Waals surface area contributed by atoms with Crippen molar-refractivity contribution in [2.24, 2.45) is 0 Å². The predicted molar refractivity (Wildman–Crippen MR) is 416 cm³/mol. The molecule has 6 rings (SSSR count). The summed E-state index contributed by atoms with van der Waals surface area (Å²) in [4.78, 5) is 78.7. The molecule has 0 aromatic heterocycles. The van der Waals surface area contributed by atoms with E-state index in [1.54, 1.807) is 60.0 Å². The van der Waals surface area contributed by atoms with Crippen LogP contribution < -0.4 is 0 Å². The van der Waals surface area contributed by atoms with Crippen molar-refractivity contribution in [3.05, 3.63) is 203 Å². The van der Waals surface area contributed by atoms with Gasteiger partial charge in [-0.2, -0.15) is 0 Å². The van der Waals surface area contributed by atoms with Crippen molar-refractivity contribution in [3.63, 3.8) is 0 Å². The Kier molecular flexibility index (Phi) is 62.0. The third-order valence-electron chi connectivity index (χ3n) is 12.7. The molecular weight excluding hydrogens is 1600 g/mol. The summed E-state index contributed by atoms with van der Waals surface area (Å²) >= 11 is 25.6. The van der Waals surface area contributed by atoms with Gasteiger partial charge in [0.15, 0.2) is 0 Å². The van der Waals surface area contributed by atoms with Gasteiger partial charge in [-0.1, -0.05) is 159 Å². The fourth-order valence-corrected chi connectivity index (χ4v) is 10.5. The van der Waals surface area contributed by atoms with E-state index in [9.17, 15) is 37.5 Å². The predicted octanol–water partition coefficient (Wildman–Crippen LogP) is 23.4. The average Bonchev–Trinajstić information content (AvgIpc) is 0.928. The highest BCUT2D eigenvalue weighted by atomic mass is 79.9. The maximum Gasteiger partial charge on any atom is 0.336 e. The first-order valence-corrected chi connectivity index (χ1v) is 32.7. The highest BCUT2D eigenvalue weighted by Gasteiger charge is 2.23. The molecule has 0 unspecified atom stereocenters. The normalized spacial score (nSPS) is 9.17. The first-order valence-electron chi connectivity index (χ1n) is 27.5. The first-order chi connectivity index (χ1) is 40.2. The van der Waals surface area contributed by atoms with Gasteiger partial charge in [0, 0.05) is 103 Å². The lowest BCUT2D eigenvalue weighted by molar-refractivity contribution is 0.0692. The van der Waals surface area contributed by atoms with Crippen LogP contribution in [0.1, 0.15) is 202 Å². The summed E-state index contributed by atoms with van der Waals surface area (Å²) < 4.78 is 31.6. The van der Waals surface area contributed by atoms with Gasteiger partial charge in [0.05, 0.1) is 21.7 Å². The maximum absolute atomic E-state index is 13.5. The maximum atomic E-state index is 13.5. The monoisotopic (exact) mass is 1700 g/mol. The molecular formula is C72H108Br6ClF2N5O7. The van der Waals surface area contributed by atoms with Crippen LogP contribution in [0.2, 0.25) is 5.02 Å². The number of hydrogen-bond acceptors (Lipinski definition) is 6. The highest BCUT2D eigenvalue weighted by Crippen LogP contribution is 2.25. The van der Waals surface area contributed by atoms with Crippen LogP contribution in [0.4, 0.5) is 8.78 Å². The Morgan fingerprint density at radius 2 is 0.699 bits per heavy atom. The van der Waals surface area contributed by atoms with Gasteiger partial charge in [-0.15, -0.1) is 0 Å². The number of carboxylic acids is 1. The van der Waals surface area contributed by atoms with Crippen molar-refractivity contribution in [1.82, 2.24) is 24.5 Å². The molecule has 5 amide bonds. The van der Waals surface area contributed by atoms with Crippen LogP contribution in [0.5, 0.6) is 0 Å². The zero-order valence-corrected chi connectivity index (χ0v) is 60.3. The van der Waals surface area contributed by atoms with E-state index < -0.39 is 29.1 Å². The minimum absolute atomic E-state index is 0. The molecule has 526 valence electrons. The van der Waals surface area contributed by atoms with Crippen LogP contribution in [0.3, 0.4) is 0 Å². The second-order valence-corrected chi connectivity index (χ2v) is 23.7. The van der Waals surface area contributed by atoms with E-state index in [0.717, 1.165) is 97.1 Å². The number of aryl methyl sites for hydroxylation is 2. The van der Waals surface area contributed by atoms with Crippen molar-refractivity contribution < 1.29 is 42.7 Å². The molecule has 0 saturated carbocycles. The van der Waals surface area contributed by atoms with Crippen LogP contribution in [-0.2, 0) is 0 Å². The van der Waals surface area contributed by atoms with E-state index in [-0.39, 0.29) is 87.5 Å². The van der Waals surface area contributed by atoms with Gasteiger partial charge >= 0.3 is 5.97 Å². The molecule has 21 heteroatoms. The number of rotatable bonds is 16. The highest BCUT2D eigenvalue weighted by molar-refractivity contribution is 9.11. The Hall–Kier alpha value is -4.83. The van der Waals surface area contributed by atoms with E-state index >= 15 is 0 Å². The van der Waals surface area contributed by atoms with Crippen molar-refractivity contribution in [3.8, 4) is 0 Å². The average molecular weight is 1710 g/mol. The van der Waals surface area contributed by atoms with Crippen LogP contribution in [0, 0.1) is 25.5 Å².